The van der Waals surface area contributed by atoms with E-state index in [-0.39, 0.29) is 24.0 Å². The molecule has 0 unspecified atom stereocenters. The Kier molecular flexibility index (Phi) is 7.46. The van der Waals surface area contributed by atoms with Gasteiger partial charge in [0.1, 0.15) is 17.2 Å². The fraction of sp³-hybridized carbons (Fsp3) is 0.208. The summed E-state index contributed by atoms with van der Waals surface area (Å²) in [6.07, 6.45) is 0.577. The molecule has 0 bridgehead atoms. The number of phenols is 2. The van der Waals surface area contributed by atoms with Gasteiger partial charge < -0.3 is 20.3 Å². The van der Waals surface area contributed by atoms with Crippen LogP contribution in [-0.2, 0) is 11.2 Å². The van der Waals surface area contributed by atoms with Gasteiger partial charge in [0, 0.05) is 15.9 Å². The van der Waals surface area contributed by atoms with Crippen molar-refractivity contribution in [1.82, 2.24) is 0 Å². The lowest BCUT2D eigenvalue weighted by atomic mass is 9.96. The lowest BCUT2D eigenvalue weighted by molar-refractivity contribution is -0.118. The third kappa shape index (κ3) is 5.93. The summed E-state index contributed by atoms with van der Waals surface area (Å²) in [6, 6.07) is 15.5. The molecule has 0 radical (unpaired) electrons. The molecule has 0 aliphatic heterocycles. The molecule has 0 aliphatic rings. The van der Waals surface area contributed by atoms with Crippen LogP contribution in [0.3, 0.4) is 0 Å². The van der Waals surface area contributed by atoms with Crippen LogP contribution < -0.4 is 10.1 Å². The highest BCUT2D eigenvalue weighted by Gasteiger charge is 2.13. The van der Waals surface area contributed by atoms with Gasteiger partial charge in [-0.05, 0) is 52.9 Å². The Morgan fingerprint density at radius 1 is 1.10 bits per heavy atom. The summed E-state index contributed by atoms with van der Waals surface area (Å²) < 4.78 is 6.33. The summed E-state index contributed by atoms with van der Waals surface area (Å²) in [6.45, 7) is 3.83. The zero-order valence-corrected chi connectivity index (χ0v) is 19.5. The molecule has 3 rings (SSSR count). The number of benzene rings is 3. The number of rotatable bonds is 7. The van der Waals surface area contributed by atoms with Gasteiger partial charge in [-0.1, -0.05) is 65.6 Å². The maximum Gasteiger partial charge on any atom is 0.262 e. The number of amides is 1. The van der Waals surface area contributed by atoms with Crippen LogP contribution in [0.25, 0.3) is 0 Å². The molecule has 162 valence electrons. The number of hydrogen-bond donors (Lipinski definition) is 3. The molecule has 3 aromatic carbocycles. The fourth-order valence-corrected chi connectivity index (χ4v) is 4.10. The second kappa shape index (κ2) is 10.1. The predicted octanol–water partition coefficient (Wildman–Crippen LogP) is 6.25. The van der Waals surface area contributed by atoms with Crippen LogP contribution in [0.15, 0.2) is 59.1 Å². The van der Waals surface area contributed by atoms with Gasteiger partial charge >= 0.3 is 0 Å². The number of carbonyl (C=O) groups is 1. The number of aromatic hydroxyl groups is 2. The van der Waals surface area contributed by atoms with Crippen LogP contribution in [0.5, 0.6) is 17.2 Å². The second-order valence-corrected chi connectivity index (χ2v) is 8.71. The largest absolute Gasteiger partial charge is 0.508 e. The van der Waals surface area contributed by atoms with Crippen molar-refractivity contribution in [3.05, 3.63) is 80.8 Å². The molecule has 3 aromatic rings. The van der Waals surface area contributed by atoms with Crippen molar-refractivity contribution >= 4 is 39.1 Å². The molecular weight excluding hydrogens is 482 g/mol. The number of ether oxygens (including phenoxy) is 1. The molecule has 0 aliphatic carbocycles. The number of anilines is 1. The van der Waals surface area contributed by atoms with Gasteiger partial charge in [0.05, 0.1) is 5.69 Å². The Labute approximate surface area is 194 Å². The van der Waals surface area contributed by atoms with Gasteiger partial charge in [0.2, 0.25) is 0 Å². The number of hydrogen-bond acceptors (Lipinski definition) is 4. The number of halogens is 2. The highest BCUT2D eigenvalue weighted by molar-refractivity contribution is 9.10. The van der Waals surface area contributed by atoms with E-state index >= 15 is 0 Å². The first-order valence-corrected chi connectivity index (χ1v) is 10.9. The zero-order chi connectivity index (χ0) is 22.5. The zero-order valence-electron chi connectivity index (χ0n) is 17.2. The molecule has 1 amide bonds. The third-order valence-corrected chi connectivity index (χ3v) is 5.80. The summed E-state index contributed by atoms with van der Waals surface area (Å²) in [5, 5.41) is 22.9. The third-order valence-electron chi connectivity index (χ3n) is 4.76. The van der Waals surface area contributed by atoms with Crippen molar-refractivity contribution in [2.24, 2.45) is 0 Å². The van der Waals surface area contributed by atoms with Crippen molar-refractivity contribution in [3.8, 4) is 17.2 Å². The average Bonchev–Trinajstić information content (AvgIpc) is 2.72. The summed E-state index contributed by atoms with van der Waals surface area (Å²) in [5.74, 6) is 0.527. The van der Waals surface area contributed by atoms with Crippen molar-refractivity contribution in [2.45, 2.75) is 26.2 Å². The Morgan fingerprint density at radius 3 is 2.52 bits per heavy atom. The molecule has 7 heteroatoms. The number of nitrogens with one attached hydrogen (secondary N) is 1. The van der Waals surface area contributed by atoms with Gasteiger partial charge in [0.25, 0.3) is 5.91 Å². The van der Waals surface area contributed by atoms with Crippen LogP contribution in [0, 0.1) is 0 Å². The summed E-state index contributed by atoms with van der Waals surface area (Å²) in [4.78, 5) is 12.1. The summed E-state index contributed by atoms with van der Waals surface area (Å²) in [7, 11) is 0. The minimum Gasteiger partial charge on any atom is -0.508 e. The molecule has 0 heterocycles. The van der Waals surface area contributed by atoms with E-state index in [0.29, 0.717) is 22.9 Å². The fourth-order valence-electron chi connectivity index (χ4n) is 3.13. The number of carbonyl (C=O) groups excluding carboxylic acids is 1. The Balaban J connectivity index is 1.68. The van der Waals surface area contributed by atoms with E-state index in [1.165, 1.54) is 6.07 Å². The van der Waals surface area contributed by atoms with Crippen LogP contribution in [0.2, 0.25) is 5.02 Å². The Hall–Kier alpha value is -2.70. The summed E-state index contributed by atoms with van der Waals surface area (Å²) in [5.41, 5.74) is 3.12. The van der Waals surface area contributed by atoms with Crippen LogP contribution in [0.1, 0.15) is 36.5 Å². The molecule has 0 fully saturated rings. The van der Waals surface area contributed by atoms with E-state index in [9.17, 15) is 15.0 Å². The van der Waals surface area contributed by atoms with Crippen molar-refractivity contribution < 1.29 is 19.7 Å². The van der Waals surface area contributed by atoms with Gasteiger partial charge in [-0.25, -0.2) is 0 Å². The van der Waals surface area contributed by atoms with E-state index in [2.05, 4.69) is 21.2 Å². The van der Waals surface area contributed by atoms with Crippen molar-refractivity contribution in [3.63, 3.8) is 0 Å². The molecule has 0 aromatic heterocycles. The standard InChI is InChI=1S/C24H23BrClNO4/c1-14(2)17-9-15(7-8-22(17)28)10-18-19(25)11-16(12-20(18)26)31-13-24(30)27-21-5-3-4-6-23(21)29/h3-9,11-12,14,28-29H,10,13H2,1-2H3,(H,27,30). The number of para-hydroxylation sites is 2. The average molecular weight is 505 g/mol. The monoisotopic (exact) mass is 503 g/mol. The van der Waals surface area contributed by atoms with E-state index < -0.39 is 5.91 Å². The van der Waals surface area contributed by atoms with E-state index in [1.807, 2.05) is 26.0 Å². The Morgan fingerprint density at radius 2 is 1.84 bits per heavy atom. The maximum atomic E-state index is 12.1. The first-order valence-electron chi connectivity index (χ1n) is 9.75. The van der Waals surface area contributed by atoms with Gasteiger partial charge in [-0.3, -0.25) is 4.79 Å². The van der Waals surface area contributed by atoms with Crippen molar-refractivity contribution in [1.29, 1.82) is 0 Å². The molecule has 0 saturated carbocycles. The van der Waals surface area contributed by atoms with Crippen LogP contribution in [0.4, 0.5) is 5.69 Å². The minimum atomic E-state index is -0.400. The predicted molar refractivity (Wildman–Crippen MR) is 126 cm³/mol. The molecule has 3 N–H and O–H groups in total. The normalized spacial score (nSPS) is 10.9. The quantitative estimate of drug-likeness (QED) is 0.333. The lowest BCUT2D eigenvalue weighted by Crippen LogP contribution is -2.20. The second-order valence-electron chi connectivity index (χ2n) is 7.44. The molecule has 0 atom stereocenters. The highest BCUT2D eigenvalue weighted by atomic mass is 79.9. The molecular formula is C24H23BrClNO4. The van der Waals surface area contributed by atoms with E-state index in [0.717, 1.165) is 21.2 Å². The van der Waals surface area contributed by atoms with Crippen LogP contribution in [-0.4, -0.2) is 22.7 Å². The first kappa shape index (κ1) is 23.0. The molecule has 31 heavy (non-hydrogen) atoms. The maximum absolute atomic E-state index is 12.1. The summed E-state index contributed by atoms with van der Waals surface area (Å²) >= 11 is 10.0. The molecule has 0 spiro atoms. The lowest BCUT2D eigenvalue weighted by Gasteiger charge is -2.14. The van der Waals surface area contributed by atoms with E-state index in [4.69, 9.17) is 16.3 Å². The van der Waals surface area contributed by atoms with E-state index in [1.54, 1.807) is 36.4 Å². The van der Waals surface area contributed by atoms with Crippen molar-refractivity contribution in [2.75, 3.05) is 11.9 Å². The minimum absolute atomic E-state index is 0.0131. The van der Waals surface area contributed by atoms with Gasteiger partial charge in [-0.15, -0.1) is 0 Å². The SMILES string of the molecule is CC(C)c1cc(Cc2c(Cl)cc(OCC(=O)Nc3ccccc3O)cc2Br)ccc1O. The Bertz CT molecular complexity index is 1080. The van der Waals surface area contributed by atoms with Gasteiger partial charge in [-0.2, -0.15) is 0 Å². The number of phenolic OH excluding ortho intramolecular Hbond substituents is 2. The molecule has 5 nitrogen and oxygen atoms in total. The van der Waals surface area contributed by atoms with Gasteiger partial charge in [0.15, 0.2) is 6.61 Å². The topological polar surface area (TPSA) is 78.8 Å². The first-order chi connectivity index (χ1) is 14.7. The molecule has 0 saturated heterocycles. The van der Waals surface area contributed by atoms with Crippen LogP contribution >= 0.6 is 27.5 Å². The smallest absolute Gasteiger partial charge is 0.262 e. The highest BCUT2D eigenvalue weighted by Crippen LogP contribution is 2.34.